The maximum Gasteiger partial charge on any atom is 0.244 e. The van der Waals surface area contributed by atoms with Gasteiger partial charge in [0.05, 0.1) is 12.6 Å². The van der Waals surface area contributed by atoms with Crippen molar-refractivity contribution in [3.8, 4) is 0 Å². The second-order valence-electron chi connectivity index (χ2n) is 5.31. The zero-order valence-corrected chi connectivity index (χ0v) is 12.7. The summed E-state index contributed by atoms with van der Waals surface area (Å²) in [6.45, 7) is 6.10. The molecule has 108 valence electrons. The molecule has 3 nitrogen and oxygen atoms in total. The lowest BCUT2D eigenvalue weighted by Gasteiger charge is -2.05. The molecule has 3 heteroatoms. The third kappa shape index (κ3) is 4.56. The van der Waals surface area contributed by atoms with Crippen LogP contribution in [0.1, 0.15) is 27.8 Å². The van der Waals surface area contributed by atoms with E-state index in [4.69, 9.17) is 0 Å². The maximum absolute atomic E-state index is 11.9. The largest absolute Gasteiger partial charge is 0.273 e. The van der Waals surface area contributed by atoms with E-state index < -0.39 is 0 Å². The number of aryl methyl sites for hydroxylation is 3. The number of hydrogen-bond donors (Lipinski definition) is 1. The summed E-state index contributed by atoms with van der Waals surface area (Å²) in [4.78, 5) is 11.9. The van der Waals surface area contributed by atoms with Gasteiger partial charge >= 0.3 is 0 Å². The number of hydrogen-bond acceptors (Lipinski definition) is 2. The van der Waals surface area contributed by atoms with Gasteiger partial charge in [0.25, 0.3) is 0 Å². The molecule has 0 saturated heterocycles. The van der Waals surface area contributed by atoms with Crippen LogP contribution in [0.5, 0.6) is 0 Å². The van der Waals surface area contributed by atoms with Crippen LogP contribution in [0.3, 0.4) is 0 Å². The average molecular weight is 280 g/mol. The van der Waals surface area contributed by atoms with Crippen molar-refractivity contribution >= 4 is 12.1 Å². The Bertz CT molecular complexity index is 657. The molecular formula is C18H20N2O. The van der Waals surface area contributed by atoms with Crippen LogP contribution >= 0.6 is 0 Å². The molecule has 0 atom stereocenters. The SMILES string of the molecule is Cc1ccc(/C=N/NC(=O)Cc2ccc(C)cc2C)cc1. The van der Waals surface area contributed by atoms with Gasteiger partial charge < -0.3 is 0 Å². The molecule has 0 aliphatic carbocycles. The molecule has 2 aromatic carbocycles. The van der Waals surface area contributed by atoms with Crippen LogP contribution in [0.2, 0.25) is 0 Å². The minimum Gasteiger partial charge on any atom is -0.273 e. The van der Waals surface area contributed by atoms with E-state index in [9.17, 15) is 4.79 Å². The molecule has 0 spiro atoms. The number of nitrogens with one attached hydrogen (secondary N) is 1. The fraction of sp³-hybridized carbons (Fsp3) is 0.222. The van der Waals surface area contributed by atoms with Gasteiger partial charge in [0.15, 0.2) is 0 Å². The second-order valence-corrected chi connectivity index (χ2v) is 5.31. The highest BCUT2D eigenvalue weighted by molar-refractivity contribution is 5.83. The molecule has 0 fully saturated rings. The first-order valence-electron chi connectivity index (χ1n) is 6.99. The predicted octanol–water partition coefficient (Wildman–Crippen LogP) is 3.30. The molecule has 0 aromatic heterocycles. The number of carbonyl (C=O) groups excluding carboxylic acids is 1. The monoisotopic (exact) mass is 280 g/mol. The Morgan fingerprint density at radius 2 is 1.71 bits per heavy atom. The van der Waals surface area contributed by atoms with E-state index in [0.717, 1.165) is 16.7 Å². The fourth-order valence-corrected chi connectivity index (χ4v) is 2.09. The second kappa shape index (κ2) is 6.84. The van der Waals surface area contributed by atoms with Crippen molar-refractivity contribution in [3.05, 3.63) is 70.3 Å². The summed E-state index contributed by atoms with van der Waals surface area (Å²) in [5.74, 6) is -0.106. The van der Waals surface area contributed by atoms with E-state index in [-0.39, 0.29) is 5.91 Å². The Hall–Kier alpha value is -2.42. The zero-order valence-electron chi connectivity index (χ0n) is 12.7. The number of carbonyl (C=O) groups is 1. The van der Waals surface area contributed by atoms with E-state index in [1.807, 2.05) is 57.2 Å². The smallest absolute Gasteiger partial charge is 0.244 e. The quantitative estimate of drug-likeness (QED) is 0.677. The normalized spacial score (nSPS) is 10.8. The lowest BCUT2D eigenvalue weighted by Crippen LogP contribution is -2.20. The zero-order chi connectivity index (χ0) is 15.2. The first kappa shape index (κ1) is 15.0. The molecule has 0 unspecified atom stereocenters. The molecule has 2 rings (SSSR count). The highest BCUT2D eigenvalue weighted by Gasteiger charge is 2.04. The molecule has 0 radical (unpaired) electrons. The van der Waals surface area contributed by atoms with Crippen LogP contribution in [0.15, 0.2) is 47.6 Å². The molecule has 2 aromatic rings. The fourth-order valence-electron chi connectivity index (χ4n) is 2.09. The van der Waals surface area contributed by atoms with Crippen molar-refractivity contribution in [1.29, 1.82) is 0 Å². The Morgan fingerprint density at radius 1 is 1.05 bits per heavy atom. The molecule has 0 aliphatic rings. The van der Waals surface area contributed by atoms with Crippen molar-refractivity contribution in [3.63, 3.8) is 0 Å². The Morgan fingerprint density at radius 3 is 2.38 bits per heavy atom. The van der Waals surface area contributed by atoms with Crippen LogP contribution in [0, 0.1) is 20.8 Å². The third-order valence-electron chi connectivity index (χ3n) is 3.33. The number of rotatable bonds is 4. The highest BCUT2D eigenvalue weighted by Crippen LogP contribution is 2.11. The van der Waals surface area contributed by atoms with Gasteiger partial charge in [0, 0.05) is 0 Å². The minimum atomic E-state index is -0.106. The van der Waals surface area contributed by atoms with E-state index in [0.29, 0.717) is 6.42 Å². The van der Waals surface area contributed by atoms with Gasteiger partial charge in [-0.1, -0.05) is 53.6 Å². The van der Waals surface area contributed by atoms with Crippen LogP contribution in [0.25, 0.3) is 0 Å². The Balaban J connectivity index is 1.91. The van der Waals surface area contributed by atoms with E-state index in [2.05, 4.69) is 16.6 Å². The third-order valence-corrected chi connectivity index (χ3v) is 3.33. The lowest BCUT2D eigenvalue weighted by atomic mass is 10.0. The molecule has 0 heterocycles. The van der Waals surface area contributed by atoms with E-state index in [1.54, 1.807) is 6.21 Å². The van der Waals surface area contributed by atoms with E-state index in [1.165, 1.54) is 11.1 Å². The van der Waals surface area contributed by atoms with Gasteiger partial charge in [-0.25, -0.2) is 5.43 Å². The summed E-state index contributed by atoms with van der Waals surface area (Å²) in [5.41, 5.74) is 8.10. The van der Waals surface area contributed by atoms with Crippen LogP contribution in [-0.2, 0) is 11.2 Å². The topological polar surface area (TPSA) is 41.5 Å². The van der Waals surface area contributed by atoms with Gasteiger partial charge in [0.2, 0.25) is 5.91 Å². The van der Waals surface area contributed by atoms with Crippen LogP contribution < -0.4 is 5.43 Å². The number of nitrogens with zero attached hydrogens (tertiary/aromatic N) is 1. The molecule has 0 bridgehead atoms. The predicted molar refractivity (Wildman–Crippen MR) is 86.5 cm³/mol. The number of amides is 1. The Labute approximate surface area is 125 Å². The van der Waals surface area contributed by atoms with Gasteiger partial charge in [-0.15, -0.1) is 0 Å². The van der Waals surface area contributed by atoms with Crippen molar-refractivity contribution in [2.45, 2.75) is 27.2 Å². The summed E-state index contributed by atoms with van der Waals surface area (Å²) in [7, 11) is 0. The standard InChI is InChI=1S/C18H20N2O/c1-13-4-7-16(8-5-13)12-19-20-18(21)11-17-9-6-14(2)10-15(17)3/h4-10,12H,11H2,1-3H3,(H,20,21)/b19-12+. The van der Waals surface area contributed by atoms with Gasteiger partial charge in [0.1, 0.15) is 0 Å². The van der Waals surface area contributed by atoms with Crippen LogP contribution in [-0.4, -0.2) is 12.1 Å². The first-order valence-corrected chi connectivity index (χ1v) is 6.99. The maximum atomic E-state index is 11.9. The summed E-state index contributed by atoms with van der Waals surface area (Å²) < 4.78 is 0. The molecule has 1 N–H and O–H groups in total. The molecule has 1 amide bonds. The van der Waals surface area contributed by atoms with Crippen molar-refractivity contribution in [2.75, 3.05) is 0 Å². The molecule has 0 aliphatic heterocycles. The summed E-state index contributed by atoms with van der Waals surface area (Å²) in [5, 5.41) is 3.99. The van der Waals surface area contributed by atoms with Gasteiger partial charge in [-0.3, -0.25) is 4.79 Å². The van der Waals surface area contributed by atoms with Crippen molar-refractivity contribution in [2.24, 2.45) is 5.10 Å². The summed E-state index contributed by atoms with van der Waals surface area (Å²) in [6.07, 6.45) is 2.00. The van der Waals surface area contributed by atoms with Gasteiger partial charge in [-0.2, -0.15) is 5.10 Å². The highest BCUT2D eigenvalue weighted by atomic mass is 16.2. The molecular weight excluding hydrogens is 260 g/mol. The summed E-state index contributed by atoms with van der Waals surface area (Å²) in [6, 6.07) is 14.1. The Kier molecular flexibility index (Phi) is 4.88. The van der Waals surface area contributed by atoms with Gasteiger partial charge in [-0.05, 0) is 37.5 Å². The summed E-state index contributed by atoms with van der Waals surface area (Å²) >= 11 is 0. The lowest BCUT2D eigenvalue weighted by molar-refractivity contribution is -0.120. The average Bonchev–Trinajstić information content (AvgIpc) is 2.44. The van der Waals surface area contributed by atoms with Crippen LogP contribution in [0.4, 0.5) is 0 Å². The number of hydrazone groups is 1. The molecule has 0 saturated carbocycles. The van der Waals surface area contributed by atoms with Crippen molar-refractivity contribution in [1.82, 2.24) is 5.43 Å². The van der Waals surface area contributed by atoms with Crippen molar-refractivity contribution < 1.29 is 4.79 Å². The van der Waals surface area contributed by atoms with E-state index >= 15 is 0 Å². The number of benzene rings is 2. The first-order chi connectivity index (χ1) is 10.0. The minimum absolute atomic E-state index is 0.106. The molecule has 21 heavy (non-hydrogen) atoms.